The van der Waals surface area contributed by atoms with Gasteiger partial charge in [0.25, 0.3) is 0 Å². The number of aliphatic hydroxyl groups excluding tert-OH is 1. The van der Waals surface area contributed by atoms with E-state index in [0.29, 0.717) is 17.9 Å². The number of benzene rings is 2. The van der Waals surface area contributed by atoms with E-state index in [-0.39, 0.29) is 12.3 Å². The number of carbonyl (C=O) groups excluding carboxylic acids is 1. The maximum atomic E-state index is 13.4. The van der Waals surface area contributed by atoms with Crippen molar-refractivity contribution >= 4 is 17.4 Å². The molecule has 0 aliphatic heterocycles. The molecule has 0 fully saturated rings. The molecule has 5 nitrogen and oxygen atoms in total. The second-order valence-corrected chi connectivity index (χ2v) is 4.59. The molecule has 22 heavy (non-hydrogen) atoms. The van der Waals surface area contributed by atoms with Crippen LogP contribution >= 0.6 is 0 Å². The topological polar surface area (TPSA) is 70.6 Å². The molecule has 0 aromatic heterocycles. The predicted molar refractivity (Wildman–Crippen MR) is 82.8 cm³/mol. The summed E-state index contributed by atoms with van der Waals surface area (Å²) in [7, 11) is 1.42. The van der Waals surface area contributed by atoms with Crippen molar-refractivity contribution in [3.8, 4) is 5.75 Å². The molecule has 0 heterocycles. The maximum absolute atomic E-state index is 13.4. The molecule has 0 atom stereocenters. The van der Waals surface area contributed by atoms with Crippen LogP contribution in [0.1, 0.15) is 5.56 Å². The van der Waals surface area contributed by atoms with Gasteiger partial charge in [-0.2, -0.15) is 0 Å². The van der Waals surface area contributed by atoms with Gasteiger partial charge >= 0.3 is 6.03 Å². The fraction of sp³-hybridized carbons (Fsp3) is 0.188. The molecule has 2 aromatic carbocycles. The van der Waals surface area contributed by atoms with E-state index in [1.165, 1.54) is 25.3 Å². The summed E-state index contributed by atoms with van der Waals surface area (Å²) in [5, 5.41) is 14.2. The second-order valence-electron chi connectivity index (χ2n) is 4.59. The van der Waals surface area contributed by atoms with Gasteiger partial charge < -0.3 is 20.5 Å². The molecular weight excluding hydrogens is 287 g/mol. The Labute approximate surface area is 127 Å². The number of methoxy groups -OCH3 is 1. The Morgan fingerprint density at radius 3 is 2.73 bits per heavy atom. The number of hydrogen-bond acceptors (Lipinski definition) is 3. The smallest absolute Gasteiger partial charge is 0.323 e. The van der Waals surface area contributed by atoms with Crippen molar-refractivity contribution in [1.29, 1.82) is 0 Å². The van der Waals surface area contributed by atoms with Gasteiger partial charge in [0.2, 0.25) is 0 Å². The Morgan fingerprint density at radius 2 is 2.00 bits per heavy atom. The molecule has 3 N–H and O–H groups in total. The second kappa shape index (κ2) is 7.42. The molecule has 0 bridgehead atoms. The van der Waals surface area contributed by atoms with E-state index in [1.54, 1.807) is 12.1 Å². The summed E-state index contributed by atoms with van der Waals surface area (Å²) in [6.45, 7) is -0.0125. The first-order valence-corrected chi connectivity index (χ1v) is 6.73. The first-order valence-electron chi connectivity index (χ1n) is 6.73. The van der Waals surface area contributed by atoms with Gasteiger partial charge in [0, 0.05) is 30.1 Å². The van der Waals surface area contributed by atoms with Gasteiger partial charge in [-0.15, -0.1) is 0 Å². The summed E-state index contributed by atoms with van der Waals surface area (Å²) in [5.74, 6) is -0.189. The van der Waals surface area contributed by atoms with Crippen molar-refractivity contribution in [2.75, 3.05) is 24.4 Å². The van der Waals surface area contributed by atoms with Crippen LogP contribution in [0.3, 0.4) is 0 Å². The van der Waals surface area contributed by atoms with Crippen LogP contribution in [0.25, 0.3) is 0 Å². The van der Waals surface area contributed by atoms with Crippen LogP contribution in [0.2, 0.25) is 0 Å². The zero-order chi connectivity index (χ0) is 15.9. The molecule has 0 unspecified atom stereocenters. The average Bonchev–Trinajstić information content (AvgIpc) is 2.48. The van der Waals surface area contributed by atoms with Crippen molar-refractivity contribution in [2.45, 2.75) is 6.42 Å². The monoisotopic (exact) mass is 304 g/mol. The summed E-state index contributed by atoms with van der Waals surface area (Å²) in [6, 6.07) is 10.6. The number of nitrogens with one attached hydrogen (secondary N) is 2. The van der Waals surface area contributed by atoms with E-state index in [0.717, 1.165) is 5.56 Å². The number of hydrogen-bond donors (Lipinski definition) is 3. The highest BCUT2D eigenvalue weighted by Gasteiger charge is 2.08. The van der Waals surface area contributed by atoms with Gasteiger partial charge in [-0.3, -0.25) is 0 Å². The number of rotatable bonds is 5. The van der Waals surface area contributed by atoms with Gasteiger partial charge in [-0.25, -0.2) is 9.18 Å². The Balaban J connectivity index is 2.09. The fourth-order valence-electron chi connectivity index (χ4n) is 2.02. The van der Waals surface area contributed by atoms with Gasteiger partial charge in [0.05, 0.1) is 7.11 Å². The summed E-state index contributed by atoms with van der Waals surface area (Å²) in [6.07, 6.45) is 0.435. The minimum atomic E-state index is -0.504. The first kappa shape index (κ1) is 15.8. The third kappa shape index (κ3) is 4.20. The molecule has 0 aliphatic carbocycles. The molecule has 116 valence electrons. The Hall–Kier alpha value is -2.60. The maximum Gasteiger partial charge on any atom is 0.323 e. The zero-order valence-electron chi connectivity index (χ0n) is 12.1. The molecular formula is C16H17FN2O3. The Bertz CT molecular complexity index is 662. The number of ether oxygens (including phenoxy) is 1. The van der Waals surface area contributed by atoms with Crippen LogP contribution in [-0.4, -0.2) is 24.9 Å². The summed E-state index contributed by atoms with van der Waals surface area (Å²) < 4.78 is 18.3. The molecule has 0 saturated carbocycles. The normalized spacial score (nSPS) is 10.1. The van der Waals surface area contributed by atoms with Crippen LogP contribution in [0, 0.1) is 5.82 Å². The molecule has 2 aromatic rings. The summed E-state index contributed by atoms with van der Waals surface area (Å²) >= 11 is 0. The van der Waals surface area contributed by atoms with Crippen molar-refractivity contribution < 1.29 is 19.0 Å². The summed E-state index contributed by atoms with van der Waals surface area (Å²) in [5.41, 5.74) is 1.70. The fourth-order valence-corrected chi connectivity index (χ4v) is 2.02. The number of aliphatic hydroxyl groups is 1. The number of carbonyl (C=O) groups is 1. The Morgan fingerprint density at radius 1 is 1.23 bits per heavy atom. The lowest BCUT2D eigenvalue weighted by Crippen LogP contribution is -2.20. The molecule has 0 saturated heterocycles. The van der Waals surface area contributed by atoms with Crippen molar-refractivity contribution in [1.82, 2.24) is 0 Å². The van der Waals surface area contributed by atoms with E-state index in [2.05, 4.69) is 10.6 Å². The third-order valence-corrected chi connectivity index (χ3v) is 3.01. The van der Waals surface area contributed by atoms with Gasteiger partial charge in [0.1, 0.15) is 11.6 Å². The molecule has 0 spiro atoms. The number of amides is 2. The number of para-hydroxylation sites is 1. The van der Waals surface area contributed by atoms with E-state index < -0.39 is 11.8 Å². The van der Waals surface area contributed by atoms with Crippen LogP contribution < -0.4 is 15.4 Å². The quantitative estimate of drug-likeness (QED) is 0.795. The van der Waals surface area contributed by atoms with E-state index in [1.807, 2.05) is 12.1 Å². The van der Waals surface area contributed by atoms with Crippen LogP contribution in [0.4, 0.5) is 20.6 Å². The van der Waals surface area contributed by atoms with Crippen molar-refractivity contribution in [2.24, 2.45) is 0 Å². The van der Waals surface area contributed by atoms with Gasteiger partial charge in [-0.1, -0.05) is 18.2 Å². The van der Waals surface area contributed by atoms with Crippen LogP contribution in [0.5, 0.6) is 5.75 Å². The zero-order valence-corrected chi connectivity index (χ0v) is 12.1. The minimum Gasteiger partial charge on any atom is -0.497 e. The van der Waals surface area contributed by atoms with E-state index in [4.69, 9.17) is 9.84 Å². The van der Waals surface area contributed by atoms with E-state index >= 15 is 0 Å². The first-order chi connectivity index (χ1) is 10.6. The highest BCUT2D eigenvalue weighted by Crippen LogP contribution is 2.21. The third-order valence-electron chi connectivity index (χ3n) is 3.01. The minimum absolute atomic E-state index is 0.0125. The average molecular weight is 304 g/mol. The molecule has 0 aliphatic rings. The highest BCUT2D eigenvalue weighted by atomic mass is 19.1. The van der Waals surface area contributed by atoms with Crippen molar-refractivity contribution in [3.05, 3.63) is 53.8 Å². The highest BCUT2D eigenvalue weighted by molar-refractivity contribution is 6.00. The number of urea groups is 1. The predicted octanol–water partition coefficient (Wildman–Crippen LogP) is 3.01. The standard InChI is InChI=1S/C16H17FN2O3/c1-22-14-9-12(17)8-13(10-14)18-16(21)19-15-5-3-2-4-11(15)6-7-20/h2-5,8-10,20H,6-7H2,1H3,(H2,18,19,21). The van der Waals surface area contributed by atoms with Gasteiger partial charge in [-0.05, 0) is 24.1 Å². The lowest BCUT2D eigenvalue weighted by Gasteiger charge is -2.12. The lowest BCUT2D eigenvalue weighted by molar-refractivity contribution is 0.262. The molecule has 2 amide bonds. The molecule has 6 heteroatoms. The van der Waals surface area contributed by atoms with Crippen molar-refractivity contribution in [3.63, 3.8) is 0 Å². The largest absolute Gasteiger partial charge is 0.497 e. The SMILES string of the molecule is COc1cc(F)cc(NC(=O)Nc2ccccc2CCO)c1. The van der Waals surface area contributed by atoms with E-state index in [9.17, 15) is 9.18 Å². The number of anilines is 2. The molecule has 2 rings (SSSR count). The van der Waals surface area contributed by atoms with Crippen LogP contribution in [0.15, 0.2) is 42.5 Å². The van der Waals surface area contributed by atoms with Crippen LogP contribution in [-0.2, 0) is 6.42 Å². The van der Waals surface area contributed by atoms with Gasteiger partial charge in [0.15, 0.2) is 0 Å². The molecule has 0 radical (unpaired) electrons. The Kier molecular flexibility index (Phi) is 5.32. The number of halogens is 1. The lowest BCUT2D eigenvalue weighted by atomic mass is 10.1. The summed E-state index contributed by atoms with van der Waals surface area (Å²) in [4.78, 5) is 12.0.